The quantitative estimate of drug-likeness (QED) is 0.829. The third-order valence-electron chi connectivity index (χ3n) is 4.41. The fourth-order valence-electron chi connectivity index (χ4n) is 3.32. The lowest BCUT2D eigenvalue weighted by Gasteiger charge is -2.26. The number of rotatable bonds is 2. The molecule has 0 aromatic carbocycles. The molecule has 1 aromatic heterocycles. The van der Waals surface area contributed by atoms with E-state index in [-0.39, 0.29) is 29.2 Å². The van der Waals surface area contributed by atoms with Gasteiger partial charge in [-0.05, 0) is 25.7 Å². The number of aromatic carboxylic acids is 1. The first-order valence-corrected chi connectivity index (χ1v) is 9.01. The number of nitrogens with zero attached hydrogens (tertiary/aromatic N) is 2. The lowest BCUT2D eigenvalue weighted by atomic mass is 10.00. The van der Waals surface area contributed by atoms with E-state index in [1.54, 1.807) is 0 Å². The van der Waals surface area contributed by atoms with Crippen molar-refractivity contribution in [2.75, 3.05) is 11.5 Å². The lowest BCUT2D eigenvalue weighted by molar-refractivity contribution is 0.0688. The largest absolute Gasteiger partial charge is 0.476 e. The van der Waals surface area contributed by atoms with Crippen LogP contribution in [0.1, 0.15) is 59.6 Å². The van der Waals surface area contributed by atoms with Crippen molar-refractivity contribution in [3.63, 3.8) is 0 Å². The second-order valence-corrected chi connectivity index (χ2v) is 8.14. The number of carboxylic acids is 1. The highest BCUT2D eigenvalue weighted by Crippen LogP contribution is 2.34. The van der Waals surface area contributed by atoms with Crippen molar-refractivity contribution in [3.05, 3.63) is 17.2 Å². The molecule has 2 aliphatic heterocycles. The van der Waals surface area contributed by atoms with Crippen molar-refractivity contribution >= 4 is 15.8 Å². The Hall–Kier alpha value is -1.41. The van der Waals surface area contributed by atoms with Crippen molar-refractivity contribution in [1.82, 2.24) is 9.55 Å². The molecule has 1 saturated heterocycles. The summed E-state index contributed by atoms with van der Waals surface area (Å²) >= 11 is 0. The van der Waals surface area contributed by atoms with Gasteiger partial charge >= 0.3 is 5.97 Å². The van der Waals surface area contributed by atoms with Gasteiger partial charge in [0.1, 0.15) is 15.7 Å². The average molecular weight is 313 g/mol. The Balaban J connectivity index is 2.00. The smallest absolute Gasteiger partial charge is 0.356 e. The van der Waals surface area contributed by atoms with Crippen LogP contribution in [-0.4, -0.2) is 40.6 Å². The standard InChI is InChI=1S/C13H19N3O4S/c14-9-2-1-5-16-11(9)10(13(17)18)15-12(16)8-3-6-21(19,20)7-4-8/h8-9H,1-7,14H2,(H,17,18). The summed E-state index contributed by atoms with van der Waals surface area (Å²) in [4.78, 5) is 15.7. The fourth-order valence-corrected chi connectivity index (χ4v) is 4.81. The number of hydrogen-bond acceptors (Lipinski definition) is 5. The predicted molar refractivity (Wildman–Crippen MR) is 76.0 cm³/mol. The first-order valence-electron chi connectivity index (χ1n) is 7.18. The van der Waals surface area contributed by atoms with Crippen LogP contribution in [0.5, 0.6) is 0 Å². The lowest BCUT2D eigenvalue weighted by Crippen LogP contribution is -2.27. The molecule has 1 unspecified atom stereocenters. The zero-order chi connectivity index (χ0) is 15.2. The Kier molecular flexibility index (Phi) is 3.53. The summed E-state index contributed by atoms with van der Waals surface area (Å²) in [5.41, 5.74) is 6.68. The Morgan fingerprint density at radius 2 is 1.95 bits per heavy atom. The normalized spacial score (nSPS) is 25.5. The van der Waals surface area contributed by atoms with Gasteiger partial charge in [-0.2, -0.15) is 0 Å². The molecule has 1 fully saturated rings. The second kappa shape index (κ2) is 5.10. The highest BCUT2D eigenvalue weighted by molar-refractivity contribution is 7.91. The van der Waals surface area contributed by atoms with Crippen LogP contribution in [0.3, 0.4) is 0 Å². The van der Waals surface area contributed by atoms with Gasteiger partial charge in [-0.3, -0.25) is 0 Å². The molecule has 1 atom stereocenters. The third kappa shape index (κ3) is 2.57. The van der Waals surface area contributed by atoms with Gasteiger partial charge in [-0.25, -0.2) is 18.2 Å². The second-order valence-electron chi connectivity index (χ2n) is 5.84. The fraction of sp³-hybridized carbons (Fsp3) is 0.692. The van der Waals surface area contributed by atoms with Gasteiger partial charge in [-0.15, -0.1) is 0 Å². The van der Waals surface area contributed by atoms with E-state index in [1.165, 1.54) is 0 Å². The molecule has 3 N–H and O–H groups in total. The van der Waals surface area contributed by atoms with E-state index in [0.717, 1.165) is 12.8 Å². The van der Waals surface area contributed by atoms with Crippen LogP contribution in [0.4, 0.5) is 0 Å². The summed E-state index contributed by atoms with van der Waals surface area (Å²) in [6.45, 7) is 0.710. The number of carboxylic acid groups (broad SMARTS) is 1. The molecule has 1 aromatic rings. The minimum Gasteiger partial charge on any atom is -0.476 e. The molecule has 2 aliphatic rings. The van der Waals surface area contributed by atoms with Gasteiger partial charge in [0.2, 0.25) is 0 Å². The molecule has 0 aliphatic carbocycles. The number of sulfone groups is 1. The van der Waals surface area contributed by atoms with Crippen molar-refractivity contribution in [2.24, 2.45) is 5.73 Å². The van der Waals surface area contributed by atoms with E-state index < -0.39 is 15.8 Å². The van der Waals surface area contributed by atoms with Gasteiger partial charge in [-0.1, -0.05) is 0 Å². The van der Waals surface area contributed by atoms with E-state index in [0.29, 0.717) is 30.9 Å². The van der Waals surface area contributed by atoms with Crippen LogP contribution in [0.25, 0.3) is 0 Å². The molecule has 0 amide bonds. The topological polar surface area (TPSA) is 115 Å². The highest BCUT2D eigenvalue weighted by Gasteiger charge is 2.34. The number of nitrogens with two attached hydrogens (primary N) is 1. The van der Waals surface area contributed by atoms with E-state index >= 15 is 0 Å². The zero-order valence-electron chi connectivity index (χ0n) is 11.7. The minimum absolute atomic E-state index is 0.00525. The molecular formula is C13H19N3O4S. The molecule has 0 bridgehead atoms. The van der Waals surface area contributed by atoms with Crippen molar-refractivity contribution < 1.29 is 18.3 Å². The predicted octanol–water partition coefficient (Wildman–Crippen LogP) is 0.667. The molecule has 7 nitrogen and oxygen atoms in total. The zero-order valence-corrected chi connectivity index (χ0v) is 12.5. The molecule has 3 rings (SSSR count). The van der Waals surface area contributed by atoms with Crippen LogP contribution < -0.4 is 5.73 Å². The van der Waals surface area contributed by atoms with Crippen LogP contribution in [0.2, 0.25) is 0 Å². The molecule has 21 heavy (non-hydrogen) atoms. The Morgan fingerprint density at radius 1 is 1.29 bits per heavy atom. The number of fused-ring (bicyclic) bond motifs is 1. The first kappa shape index (κ1) is 14.5. The molecule has 3 heterocycles. The number of aromatic nitrogens is 2. The summed E-state index contributed by atoms with van der Waals surface area (Å²) < 4.78 is 25.0. The summed E-state index contributed by atoms with van der Waals surface area (Å²) in [6, 6.07) is -0.307. The summed E-state index contributed by atoms with van der Waals surface area (Å²) in [6.07, 6.45) is 2.66. The SMILES string of the molecule is NC1CCCn2c(C3CCS(=O)(=O)CC3)nc(C(=O)O)c21. The maximum absolute atomic E-state index is 11.5. The van der Waals surface area contributed by atoms with Gasteiger partial charge in [0, 0.05) is 18.5 Å². The van der Waals surface area contributed by atoms with E-state index in [4.69, 9.17) is 5.73 Å². The van der Waals surface area contributed by atoms with Gasteiger partial charge in [0.25, 0.3) is 0 Å². The molecule has 0 saturated carbocycles. The van der Waals surface area contributed by atoms with E-state index in [2.05, 4.69) is 4.98 Å². The Bertz CT molecular complexity index is 666. The van der Waals surface area contributed by atoms with E-state index in [1.807, 2.05) is 4.57 Å². The van der Waals surface area contributed by atoms with Gasteiger partial charge in [0.05, 0.1) is 17.2 Å². The summed E-state index contributed by atoms with van der Waals surface area (Å²) in [5.74, 6) is -0.0632. The maximum atomic E-state index is 11.5. The Labute approximate surface area is 123 Å². The van der Waals surface area contributed by atoms with Crippen molar-refractivity contribution in [2.45, 2.75) is 44.2 Å². The van der Waals surface area contributed by atoms with Crippen molar-refractivity contribution in [1.29, 1.82) is 0 Å². The van der Waals surface area contributed by atoms with Gasteiger partial charge in [0.15, 0.2) is 5.69 Å². The number of carbonyl (C=O) groups is 1. The third-order valence-corrected chi connectivity index (χ3v) is 6.12. The highest BCUT2D eigenvalue weighted by atomic mass is 32.2. The Morgan fingerprint density at radius 3 is 2.57 bits per heavy atom. The number of imidazole rings is 1. The maximum Gasteiger partial charge on any atom is 0.356 e. The molecule has 116 valence electrons. The minimum atomic E-state index is -2.94. The van der Waals surface area contributed by atoms with Crippen LogP contribution in [0, 0.1) is 0 Å². The van der Waals surface area contributed by atoms with Crippen LogP contribution in [0.15, 0.2) is 0 Å². The van der Waals surface area contributed by atoms with Crippen molar-refractivity contribution in [3.8, 4) is 0 Å². The van der Waals surface area contributed by atoms with Crippen LogP contribution in [-0.2, 0) is 16.4 Å². The van der Waals surface area contributed by atoms with Gasteiger partial charge < -0.3 is 15.4 Å². The monoisotopic (exact) mass is 313 g/mol. The molecule has 0 spiro atoms. The number of hydrogen-bond donors (Lipinski definition) is 2. The first-order chi connectivity index (χ1) is 9.89. The average Bonchev–Trinajstić information content (AvgIpc) is 2.80. The molecule has 0 radical (unpaired) electrons. The molecular weight excluding hydrogens is 294 g/mol. The summed E-state index contributed by atoms with van der Waals surface area (Å²) in [7, 11) is -2.94. The molecule has 8 heteroatoms. The van der Waals surface area contributed by atoms with E-state index in [9.17, 15) is 18.3 Å². The van der Waals surface area contributed by atoms with Crippen LogP contribution >= 0.6 is 0 Å². The summed E-state index contributed by atoms with van der Waals surface area (Å²) in [5, 5.41) is 9.33.